The molecule has 1 heterocycles. The maximum atomic E-state index is 12.1. The molecule has 2 aromatic carbocycles. The van der Waals surface area contributed by atoms with Gasteiger partial charge in [0.2, 0.25) is 0 Å². The van der Waals surface area contributed by atoms with Crippen LogP contribution in [0.4, 0.5) is 0 Å². The number of rotatable bonds is 6. The van der Waals surface area contributed by atoms with Gasteiger partial charge in [-0.15, -0.1) is 11.3 Å². The van der Waals surface area contributed by atoms with Crippen molar-refractivity contribution in [1.82, 2.24) is 10.3 Å². The van der Waals surface area contributed by atoms with E-state index in [0.717, 1.165) is 34.7 Å². The predicted octanol–water partition coefficient (Wildman–Crippen LogP) is 4.93. The van der Waals surface area contributed by atoms with Gasteiger partial charge >= 0.3 is 0 Å². The quantitative estimate of drug-likeness (QED) is 0.655. The minimum Gasteiger partial charge on any atom is -0.489 e. The summed E-state index contributed by atoms with van der Waals surface area (Å²) in [7, 11) is 0. The number of benzene rings is 2. The lowest BCUT2D eigenvalue weighted by Crippen LogP contribution is -2.25. The standard InChI is InChI=1S/C20H17ClN2O2S/c21-15-5-1-3-13(9-15)11-25-17-6-2-4-14(10-17)20-23-18(12-26-20)19(24)22-16-7-8-16/h1-6,9-10,12,16H,7-8,11H2,(H,22,24). The highest BCUT2D eigenvalue weighted by molar-refractivity contribution is 7.13. The molecular weight excluding hydrogens is 368 g/mol. The molecule has 0 bridgehead atoms. The third-order valence-electron chi connectivity index (χ3n) is 4.02. The molecule has 1 fully saturated rings. The summed E-state index contributed by atoms with van der Waals surface area (Å²) in [5.74, 6) is 0.657. The lowest BCUT2D eigenvalue weighted by atomic mass is 10.2. The Morgan fingerprint density at radius 3 is 2.88 bits per heavy atom. The topological polar surface area (TPSA) is 51.2 Å². The van der Waals surface area contributed by atoms with Gasteiger partial charge in [-0.05, 0) is 42.7 Å². The number of amides is 1. The molecule has 3 aromatic rings. The maximum Gasteiger partial charge on any atom is 0.270 e. The number of thiazole rings is 1. The van der Waals surface area contributed by atoms with Gasteiger partial charge in [-0.1, -0.05) is 35.9 Å². The second kappa shape index (κ2) is 7.48. The van der Waals surface area contributed by atoms with Crippen LogP contribution in [0.3, 0.4) is 0 Å². The van der Waals surface area contributed by atoms with Crippen LogP contribution >= 0.6 is 22.9 Å². The Hall–Kier alpha value is -2.37. The number of hydrogen-bond donors (Lipinski definition) is 1. The van der Waals surface area contributed by atoms with Gasteiger partial charge in [-0.25, -0.2) is 4.98 Å². The average molecular weight is 385 g/mol. The van der Waals surface area contributed by atoms with E-state index >= 15 is 0 Å². The molecule has 0 aliphatic heterocycles. The highest BCUT2D eigenvalue weighted by Gasteiger charge is 2.24. The third-order valence-corrected chi connectivity index (χ3v) is 5.15. The summed E-state index contributed by atoms with van der Waals surface area (Å²) >= 11 is 7.46. The molecule has 132 valence electrons. The van der Waals surface area contributed by atoms with Crippen LogP contribution in [0.15, 0.2) is 53.9 Å². The molecule has 1 aliphatic carbocycles. The minimum absolute atomic E-state index is 0.0941. The Kier molecular flexibility index (Phi) is 4.91. The molecule has 0 radical (unpaired) electrons. The number of nitrogens with zero attached hydrogens (tertiary/aromatic N) is 1. The van der Waals surface area contributed by atoms with Crippen LogP contribution in [0.2, 0.25) is 5.02 Å². The molecule has 1 N–H and O–H groups in total. The Morgan fingerprint density at radius 1 is 1.23 bits per heavy atom. The lowest BCUT2D eigenvalue weighted by molar-refractivity contribution is 0.0947. The first-order chi connectivity index (χ1) is 12.7. The van der Waals surface area contributed by atoms with Crippen LogP contribution in [0.1, 0.15) is 28.9 Å². The van der Waals surface area contributed by atoms with Crippen molar-refractivity contribution in [3.05, 3.63) is 70.2 Å². The van der Waals surface area contributed by atoms with Crippen molar-refractivity contribution >= 4 is 28.8 Å². The van der Waals surface area contributed by atoms with E-state index in [0.29, 0.717) is 23.4 Å². The van der Waals surface area contributed by atoms with E-state index < -0.39 is 0 Å². The van der Waals surface area contributed by atoms with Crippen molar-refractivity contribution in [1.29, 1.82) is 0 Å². The monoisotopic (exact) mass is 384 g/mol. The number of nitrogens with one attached hydrogen (secondary N) is 1. The molecule has 6 heteroatoms. The molecule has 1 amide bonds. The van der Waals surface area contributed by atoms with Crippen LogP contribution in [0.5, 0.6) is 5.75 Å². The fraction of sp³-hybridized carbons (Fsp3) is 0.200. The SMILES string of the molecule is O=C(NC1CC1)c1csc(-c2cccc(OCc3cccc(Cl)c3)c2)n1. The molecule has 0 saturated heterocycles. The van der Waals surface area contributed by atoms with E-state index in [9.17, 15) is 4.79 Å². The zero-order valence-electron chi connectivity index (χ0n) is 13.9. The first-order valence-corrected chi connectivity index (χ1v) is 9.67. The summed E-state index contributed by atoms with van der Waals surface area (Å²) in [5.41, 5.74) is 2.42. The smallest absolute Gasteiger partial charge is 0.270 e. The van der Waals surface area contributed by atoms with Crippen molar-refractivity contribution in [2.45, 2.75) is 25.5 Å². The fourth-order valence-electron chi connectivity index (χ4n) is 2.51. The normalized spacial score (nSPS) is 13.4. The molecule has 26 heavy (non-hydrogen) atoms. The highest BCUT2D eigenvalue weighted by atomic mass is 35.5. The molecular formula is C20H17ClN2O2S. The first kappa shape index (κ1) is 17.1. The molecule has 0 spiro atoms. The van der Waals surface area contributed by atoms with Crippen LogP contribution in [-0.4, -0.2) is 16.9 Å². The third kappa shape index (κ3) is 4.23. The van der Waals surface area contributed by atoms with Crippen molar-refractivity contribution in [2.75, 3.05) is 0 Å². The van der Waals surface area contributed by atoms with Gasteiger partial charge in [0.1, 0.15) is 23.1 Å². The Labute approximate surface area is 160 Å². The summed E-state index contributed by atoms with van der Waals surface area (Å²) in [4.78, 5) is 16.6. The van der Waals surface area contributed by atoms with Gasteiger partial charge in [-0.3, -0.25) is 4.79 Å². The Bertz CT molecular complexity index is 937. The van der Waals surface area contributed by atoms with Gasteiger partial charge in [0.15, 0.2) is 0 Å². The summed E-state index contributed by atoms with van der Waals surface area (Å²) in [6, 6.07) is 15.7. The minimum atomic E-state index is -0.0941. The van der Waals surface area contributed by atoms with E-state index in [2.05, 4.69) is 10.3 Å². The van der Waals surface area contributed by atoms with Gasteiger partial charge in [0.25, 0.3) is 5.91 Å². The molecule has 0 unspecified atom stereocenters. The summed E-state index contributed by atoms with van der Waals surface area (Å²) in [5, 5.41) is 6.26. The van der Waals surface area contributed by atoms with E-state index in [4.69, 9.17) is 16.3 Å². The average Bonchev–Trinajstić information content (AvgIpc) is 3.32. The van der Waals surface area contributed by atoms with Crippen LogP contribution in [0, 0.1) is 0 Å². The zero-order valence-corrected chi connectivity index (χ0v) is 15.5. The first-order valence-electron chi connectivity index (χ1n) is 8.41. The largest absolute Gasteiger partial charge is 0.489 e. The number of ether oxygens (including phenoxy) is 1. The molecule has 4 rings (SSSR count). The Morgan fingerprint density at radius 2 is 2.08 bits per heavy atom. The summed E-state index contributed by atoms with van der Waals surface area (Å²) in [6.45, 7) is 0.441. The maximum absolute atomic E-state index is 12.1. The van der Waals surface area contributed by atoms with Crippen molar-refractivity contribution in [3.63, 3.8) is 0 Å². The number of carbonyl (C=O) groups excluding carboxylic acids is 1. The molecule has 0 atom stereocenters. The van der Waals surface area contributed by atoms with Crippen molar-refractivity contribution in [2.24, 2.45) is 0 Å². The predicted molar refractivity (Wildman–Crippen MR) is 104 cm³/mol. The van der Waals surface area contributed by atoms with E-state index in [1.165, 1.54) is 11.3 Å². The second-order valence-electron chi connectivity index (χ2n) is 6.23. The van der Waals surface area contributed by atoms with Crippen molar-refractivity contribution < 1.29 is 9.53 Å². The highest BCUT2D eigenvalue weighted by Crippen LogP contribution is 2.28. The van der Waals surface area contributed by atoms with Gasteiger partial charge in [0, 0.05) is 22.0 Å². The summed E-state index contributed by atoms with van der Waals surface area (Å²) in [6.07, 6.45) is 2.13. The van der Waals surface area contributed by atoms with Crippen LogP contribution in [-0.2, 0) is 6.61 Å². The van der Waals surface area contributed by atoms with Crippen LogP contribution in [0.25, 0.3) is 10.6 Å². The number of halogens is 1. The number of carbonyl (C=O) groups is 1. The second-order valence-corrected chi connectivity index (χ2v) is 7.53. The van der Waals surface area contributed by atoms with E-state index in [-0.39, 0.29) is 5.91 Å². The zero-order chi connectivity index (χ0) is 17.9. The van der Waals surface area contributed by atoms with Crippen LogP contribution < -0.4 is 10.1 Å². The van der Waals surface area contributed by atoms with E-state index in [1.54, 1.807) is 5.38 Å². The number of hydrogen-bond acceptors (Lipinski definition) is 4. The number of aromatic nitrogens is 1. The van der Waals surface area contributed by atoms with Gasteiger partial charge in [-0.2, -0.15) is 0 Å². The van der Waals surface area contributed by atoms with Crippen molar-refractivity contribution in [3.8, 4) is 16.3 Å². The molecule has 1 saturated carbocycles. The van der Waals surface area contributed by atoms with E-state index in [1.807, 2.05) is 48.5 Å². The fourth-order valence-corrected chi connectivity index (χ4v) is 3.52. The van der Waals surface area contributed by atoms with Gasteiger partial charge < -0.3 is 10.1 Å². The molecule has 1 aliphatic rings. The van der Waals surface area contributed by atoms with Gasteiger partial charge in [0.05, 0.1) is 0 Å². The lowest BCUT2D eigenvalue weighted by Gasteiger charge is -2.07. The molecule has 4 nitrogen and oxygen atoms in total. The molecule has 1 aromatic heterocycles. The summed E-state index contributed by atoms with van der Waals surface area (Å²) < 4.78 is 5.86. The Balaban J connectivity index is 1.45.